The van der Waals surface area contributed by atoms with Gasteiger partial charge in [0, 0.05) is 17.7 Å². The van der Waals surface area contributed by atoms with Crippen LogP contribution in [-0.4, -0.2) is 46.6 Å². The standard InChI is InChI=1S/C21H21NO5/c1-13(23)12-22-18(15-10-6-7-11-16(15)27-2)17(20(25)21(22)26)19(24)14-8-4-3-5-9-14/h3-11,13,18,23-24H,12H2,1-2H3/t13-,18-/m0/s1. The summed E-state index contributed by atoms with van der Waals surface area (Å²) < 4.78 is 5.40. The first-order valence-electron chi connectivity index (χ1n) is 8.60. The average Bonchev–Trinajstić information content (AvgIpc) is 2.92. The van der Waals surface area contributed by atoms with Crippen molar-refractivity contribution in [3.8, 4) is 5.75 Å². The van der Waals surface area contributed by atoms with Gasteiger partial charge in [-0.15, -0.1) is 0 Å². The van der Waals surface area contributed by atoms with Gasteiger partial charge in [-0.2, -0.15) is 0 Å². The van der Waals surface area contributed by atoms with Gasteiger partial charge in [0.15, 0.2) is 0 Å². The van der Waals surface area contributed by atoms with Gasteiger partial charge < -0.3 is 19.8 Å². The summed E-state index contributed by atoms with van der Waals surface area (Å²) in [5.41, 5.74) is 0.987. The van der Waals surface area contributed by atoms with Crippen molar-refractivity contribution < 1.29 is 24.5 Å². The van der Waals surface area contributed by atoms with E-state index in [1.807, 2.05) is 0 Å². The Kier molecular flexibility index (Phi) is 5.28. The number of rotatable bonds is 5. The van der Waals surface area contributed by atoms with E-state index in [-0.39, 0.29) is 17.9 Å². The van der Waals surface area contributed by atoms with E-state index in [0.29, 0.717) is 16.9 Å². The van der Waals surface area contributed by atoms with Crippen LogP contribution in [0.4, 0.5) is 0 Å². The molecule has 0 aromatic heterocycles. The number of carbonyl (C=O) groups excluding carboxylic acids is 2. The molecule has 140 valence electrons. The smallest absolute Gasteiger partial charge is 0.295 e. The van der Waals surface area contributed by atoms with Gasteiger partial charge in [-0.1, -0.05) is 48.5 Å². The highest BCUT2D eigenvalue weighted by Crippen LogP contribution is 2.42. The zero-order valence-corrected chi connectivity index (χ0v) is 15.1. The molecule has 1 saturated heterocycles. The highest BCUT2D eigenvalue weighted by Gasteiger charge is 2.47. The number of carbonyl (C=O) groups is 2. The summed E-state index contributed by atoms with van der Waals surface area (Å²) in [7, 11) is 1.50. The minimum atomic E-state index is -0.851. The Morgan fingerprint density at radius 3 is 2.37 bits per heavy atom. The lowest BCUT2D eigenvalue weighted by Crippen LogP contribution is -2.35. The number of benzene rings is 2. The lowest BCUT2D eigenvalue weighted by atomic mass is 9.94. The summed E-state index contributed by atoms with van der Waals surface area (Å²) >= 11 is 0. The van der Waals surface area contributed by atoms with E-state index >= 15 is 0 Å². The van der Waals surface area contributed by atoms with E-state index in [1.54, 1.807) is 54.6 Å². The number of hydrogen-bond donors (Lipinski definition) is 2. The van der Waals surface area contributed by atoms with Crippen molar-refractivity contribution in [1.29, 1.82) is 0 Å². The van der Waals surface area contributed by atoms with Crippen molar-refractivity contribution in [1.82, 2.24) is 4.90 Å². The quantitative estimate of drug-likeness (QED) is 0.482. The molecule has 0 saturated carbocycles. The third-order valence-electron chi connectivity index (χ3n) is 4.48. The number of ketones is 1. The minimum Gasteiger partial charge on any atom is -0.507 e. The van der Waals surface area contributed by atoms with Gasteiger partial charge in [0.2, 0.25) is 0 Å². The molecule has 2 atom stereocenters. The second-order valence-electron chi connectivity index (χ2n) is 6.41. The van der Waals surface area contributed by atoms with Crippen LogP contribution in [0, 0.1) is 0 Å². The molecule has 1 heterocycles. The maximum Gasteiger partial charge on any atom is 0.295 e. The molecule has 0 aliphatic carbocycles. The van der Waals surface area contributed by atoms with Gasteiger partial charge in [-0.25, -0.2) is 0 Å². The fourth-order valence-corrected chi connectivity index (χ4v) is 3.32. The van der Waals surface area contributed by atoms with Crippen molar-refractivity contribution in [3.05, 3.63) is 71.3 Å². The van der Waals surface area contributed by atoms with E-state index in [9.17, 15) is 19.8 Å². The third-order valence-corrected chi connectivity index (χ3v) is 4.48. The summed E-state index contributed by atoms with van der Waals surface area (Å²) in [4.78, 5) is 26.7. The lowest BCUT2D eigenvalue weighted by Gasteiger charge is -2.27. The summed E-state index contributed by atoms with van der Waals surface area (Å²) in [6, 6.07) is 14.7. The molecule has 2 N–H and O–H groups in total. The van der Waals surface area contributed by atoms with Crippen LogP contribution in [0.15, 0.2) is 60.2 Å². The Labute approximate surface area is 157 Å². The Morgan fingerprint density at radius 1 is 1.11 bits per heavy atom. The van der Waals surface area contributed by atoms with Gasteiger partial charge in [-0.05, 0) is 13.0 Å². The normalized spacial score (nSPS) is 20.0. The van der Waals surface area contributed by atoms with Crippen LogP contribution in [0.1, 0.15) is 24.1 Å². The van der Waals surface area contributed by atoms with Crippen molar-refractivity contribution in [2.45, 2.75) is 19.1 Å². The molecule has 0 radical (unpaired) electrons. The van der Waals surface area contributed by atoms with E-state index in [2.05, 4.69) is 0 Å². The molecule has 1 fully saturated rings. The van der Waals surface area contributed by atoms with Crippen molar-refractivity contribution in [2.75, 3.05) is 13.7 Å². The predicted molar refractivity (Wildman–Crippen MR) is 100 cm³/mol. The monoisotopic (exact) mass is 367 g/mol. The number of para-hydroxylation sites is 1. The summed E-state index contributed by atoms with van der Waals surface area (Å²) in [6.45, 7) is 1.49. The van der Waals surface area contributed by atoms with Crippen LogP contribution in [0.25, 0.3) is 5.76 Å². The molecule has 3 rings (SSSR count). The first kappa shape index (κ1) is 18.7. The highest BCUT2D eigenvalue weighted by molar-refractivity contribution is 6.46. The zero-order valence-electron chi connectivity index (χ0n) is 15.1. The molecule has 1 amide bonds. The van der Waals surface area contributed by atoms with E-state index in [0.717, 1.165) is 0 Å². The van der Waals surface area contributed by atoms with E-state index in [1.165, 1.54) is 18.9 Å². The number of ether oxygens (including phenoxy) is 1. The number of β-amino-alcohol motifs (C(OH)–C–C–N with tert-alkyl or cyclic N) is 1. The maximum absolute atomic E-state index is 12.8. The van der Waals surface area contributed by atoms with Crippen molar-refractivity contribution in [2.24, 2.45) is 0 Å². The molecule has 0 spiro atoms. The predicted octanol–water partition coefficient (Wildman–Crippen LogP) is 2.50. The molecule has 1 aliphatic heterocycles. The van der Waals surface area contributed by atoms with E-state index < -0.39 is 23.8 Å². The zero-order chi connectivity index (χ0) is 19.6. The SMILES string of the molecule is COc1ccccc1[C@H]1C(=C(O)c2ccccc2)C(=O)C(=O)N1C[C@H](C)O. The molecule has 6 nitrogen and oxygen atoms in total. The largest absolute Gasteiger partial charge is 0.507 e. The second kappa shape index (κ2) is 7.63. The number of amides is 1. The van der Waals surface area contributed by atoms with Crippen LogP contribution in [-0.2, 0) is 9.59 Å². The van der Waals surface area contributed by atoms with Gasteiger partial charge in [-0.3, -0.25) is 9.59 Å². The number of Topliss-reactive ketones (excluding diaryl/α,β-unsaturated/α-hetero) is 1. The summed E-state index contributed by atoms with van der Waals surface area (Å²) in [5, 5.41) is 20.7. The van der Waals surface area contributed by atoms with Gasteiger partial charge in [0.25, 0.3) is 11.7 Å². The Bertz CT molecular complexity index is 888. The molecule has 0 unspecified atom stereocenters. The fraction of sp³-hybridized carbons (Fsp3) is 0.238. The van der Waals surface area contributed by atoms with Gasteiger partial charge >= 0.3 is 0 Å². The summed E-state index contributed by atoms with van der Waals surface area (Å²) in [6.07, 6.45) is -0.836. The Balaban J connectivity index is 2.23. The number of hydrogen-bond acceptors (Lipinski definition) is 5. The number of nitrogens with zero attached hydrogens (tertiary/aromatic N) is 1. The molecule has 27 heavy (non-hydrogen) atoms. The molecule has 1 aliphatic rings. The average molecular weight is 367 g/mol. The van der Waals surface area contributed by atoms with Crippen LogP contribution in [0.3, 0.4) is 0 Å². The molecular weight excluding hydrogens is 346 g/mol. The fourth-order valence-electron chi connectivity index (χ4n) is 3.32. The molecule has 6 heteroatoms. The Hall–Kier alpha value is -3.12. The van der Waals surface area contributed by atoms with Gasteiger partial charge in [0.05, 0.1) is 24.8 Å². The number of methoxy groups -OCH3 is 1. The van der Waals surface area contributed by atoms with Crippen LogP contribution in [0.5, 0.6) is 5.75 Å². The molecule has 2 aromatic carbocycles. The summed E-state index contributed by atoms with van der Waals surface area (Å²) in [5.74, 6) is -1.31. The van der Waals surface area contributed by atoms with Crippen molar-refractivity contribution >= 4 is 17.4 Å². The number of aliphatic hydroxyl groups is 2. The minimum absolute atomic E-state index is 0.0173. The first-order valence-corrected chi connectivity index (χ1v) is 8.60. The Morgan fingerprint density at radius 2 is 1.74 bits per heavy atom. The van der Waals surface area contributed by atoms with E-state index in [4.69, 9.17) is 4.74 Å². The third kappa shape index (κ3) is 3.44. The number of likely N-dealkylation sites (tertiary alicyclic amines) is 1. The molecule has 0 bridgehead atoms. The topological polar surface area (TPSA) is 87.1 Å². The number of aliphatic hydroxyl groups excluding tert-OH is 2. The first-order chi connectivity index (χ1) is 13.0. The van der Waals surface area contributed by atoms with Crippen LogP contribution < -0.4 is 4.74 Å². The maximum atomic E-state index is 12.8. The lowest BCUT2D eigenvalue weighted by molar-refractivity contribution is -0.140. The second-order valence-corrected chi connectivity index (χ2v) is 6.41. The van der Waals surface area contributed by atoms with Gasteiger partial charge in [0.1, 0.15) is 11.5 Å². The molecular formula is C21H21NO5. The van der Waals surface area contributed by atoms with Crippen LogP contribution in [0.2, 0.25) is 0 Å². The van der Waals surface area contributed by atoms with Crippen LogP contribution >= 0.6 is 0 Å². The molecule has 2 aromatic rings. The highest BCUT2D eigenvalue weighted by atomic mass is 16.5. The van der Waals surface area contributed by atoms with Crippen molar-refractivity contribution in [3.63, 3.8) is 0 Å².